The van der Waals surface area contributed by atoms with Crippen molar-refractivity contribution < 1.29 is 8.42 Å². The maximum absolute atomic E-state index is 11.4. The van der Waals surface area contributed by atoms with Crippen LogP contribution in [0.25, 0.3) is 10.2 Å². The summed E-state index contributed by atoms with van der Waals surface area (Å²) in [5.74, 6) is 0.427. The van der Waals surface area contributed by atoms with Gasteiger partial charge in [0.05, 0.1) is 21.7 Å². The topological polar surface area (TPSA) is 76.3 Å². The van der Waals surface area contributed by atoms with E-state index in [1.165, 1.54) is 0 Å². The standard InChI is InChI=1S/C11H13N3O2S2/c12-8-1-2-9-10(7-8)17-11(13-9)14-3-5-18(15,16)6-4-14/h1-2,7H,3-6,12H2. The lowest BCUT2D eigenvalue weighted by Gasteiger charge is -2.25. The van der Waals surface area contributed by atoms with E-state index in [9.17, 15) is 8.42 Å². The van der Waals surface area contributed by atoms with Crippen LogP contribution >= 0.6 is 11.3 Å². The van der Waals surface area contributed by atoms with Crippen molar-refractivity contribution in [1.82, 2.24) is 4.98 Å². The molecule has 1 fully saturated rings. The highest BCUT2D eigenvalue weighted by molar-refractivity contribution is 7.91. The van der Waals surface area contributed by atoms with Gasteiger partial charge in [0.15, 0.2) is 15.0 Å². The number of nitrogens with zero attached hydrogens (tertiary/aromatic N) is 2. The fourth-order valence-corrected chi connectivity index (χ4v) is 4.23. The van der Waals surface area contributed by atoms with Gasteiger partial charge in [0.25, 0.3) is 0 Å². The molecule has 2 N–H and O–H groups in total. The number of hydrogen-bond acceptors (Lipinski definition) is 6. The molecule has 0 atom stereocenters. The van der Waals surface area contributed by atoms with Crippen LogP contribution in [-0.2, 0) is 9.84 Å². The normalized spacial score (nSPS) is 19.2. The van der Waals surface area contributed by atoms with E-state index >= 15 is 0 Å². The summed E-state index contributed by atoms with van der Waals surface area (Å²) in [5.41, 5.74) is 7.37. The maximum Gasteiger partial charge on any atom is 0.186 e. The van der Waals surface area contributed by atoms with Crippen molar-refractivity contribution in [1.29, 1.82) is 0 Å². The second-order valence-corrected chi connectivity index (χ2v) is 7.68. The number of anilines is 2. The molecule has 0 aliphatic carbocycles. The average Bonchev–Trinajstić information content (AvgIpc) is 2.71. The molecule has 2 heterocycles. The van der Waals surface area contributed by atoms with Crippen molar-refractivity contribution in [2.75, 3.05) is 35.2 Å². The van der Waals surface area contributed by atoms with E-state index in [0.717, 1.165) is 21.0 Å². The second-order valence-electron chi connectivity index (χ2n) is 4.36. The summed E-state index contributed by atoms with van der Waals surface area (Å²) in [5, 5.41) is 0.880. The minimum atomic E-state index is -2.85. The van der Waals surface area contributed by atoms with Crippen molar-refractivity contribution in [3.8, 4) is 0 Å². The molecule has 7 heteroatoms. The van der Waals surface area contributed by atoms with Crippen LogP contribution in [0.2, 0.25) is 0 Å². The van der Waals surface area contributed by atoms with Gasteiger partial charge in [0.1, 0.15) is 0 Å². The molecule has 1 aromatic carbocycles. The molecule has 96 valence electrons. The van der Waals surface area contributed by atoms with Crippen molar-refractivity contribution in [2.45, 2.75) is 0 Å². The predicted octanol–water partition coefficient (Wildman–Crippen LogP) is 1.11. The Morgan fingerprint density at radius 1 is 1.28 bits per heavy atom. The zero-order chi connectivity index (χ0) is 12.8. The minimum absolute atomic E-state index is 0.213. The van der Waals surface area contributed by atoms with Crippen LogP contribution < -0.4 is 10.6 Å². The Hall–Kier alpha value is -1.34. The van der Waals surface area contributed by atoms with Crippen LogP contribution in [0.3, 0.4) is 0 Å². The van der Waals surface area contributed by atoms with Gasteiger partial charge in [-0.25, -0.2) is 13.4 Å². The highest BCUT2D eigenvalue weighted by Gasteiger charge is 2.23. The van der Waals surface area contributed by atoms with Gasteiger partial charge in [0.2, 0.25) is 0 Å². The van der Waals surface area contributed by atoms with E-state index in [0.29, 0.717) is 13.1 Å². The average molecular weight is 283 g/mol. The van der Waals surface area contributed by atoms with Gasteiger partial charge in [-0.05, 0) is 18.2 Å². The molecule has 5 nitrogen and oxygen atoms in total. The number of thiazole rings is 1. The molecule has 18 heavy (non-hydrogen) atoms. The zero-order valence-electron chi connectivity index (χ0n) is 9.67. The quantitative estimate of drug-likeness (QED) is 0.794. The molecule has 1 aliphatic rings. The predicted molar refractivity (Wildman–Crippen MR) is 74.9 cm³/mol. The first-order chi connectivity index (χ1) is 8.53. The molecule has 1 aliphatic heterocycles. The molecule has 0 amide bonds. The van der Waals surface area contributed by atoms with Crippen LogP contribution in [0, 0.1) is 0 Å². The van der Waals surface area contributed by atoms with E-state index in [1.54, 1.807) is 11.3 Å². The van der Waals surface area contributed by atoms with E-state index < -0.39 is 9.84 Å². The van der Waals surface area contributed by atoms with Crippen LogP contribution in [0.4, 0.5) is 10.8 Å². The highest BCUT2D eigenvalue weighted by Crippen LogP contribution is 2.30. The lowest BCUT2D eigenvalue weighted by atomic mass is 10.3. The molecule has 0 spiro atoms. The van der Waals surface area contributed by atoms with Crippen LogP contribution in [-0.4, -0.2) is 38.0 Å². The van der Waals surface area contributed by atoms with Crippen molar-refractivity contribution in [3.05, 3.63) is 18.2 Å². The molecule has 2 aromatic rings. The third kappa shape index (κ3) is 2.15. The summed E-state index contributed by atoms with van der Waals surface area (Å²) in [6.45, 7) is 1.05. The Labute approximate surface area is 109 Å². The number of aromatic nitrogens is 1. The van der Waals surface area contributed by atoms with Gasteiger partial charge in [-0.15, -0.1) is 0 Å². The number of nitrogen functional groups attached to an aromatic ring is 1. The lowest BCUT2D eigenvalue weighted by molar-refractivity contribution is 0.587. The van der Waals surface area contributed by atoms with Crippen molar-refractivity contribution in [3.63, 3.8) is 0 Å². The number of nitrogens with two attached hydrogens (primary N) is 1. The van der Waals surface area contributed by atoms with Gasteiger partial charge >= 0.3 is 0 Å². The van der Waals surface area contributed by atoms with E-state index in [2.05, 4.69) is 4.98 Å². The monoisotopic (exact) mass is 283 g/mol. The highest BCUT2D eigenvalue weighted by atomic mass is 32.2. The van der Waals surface area contributed by atoms with Gasteiger partial charge in [-0.2, -0.15) is 0 Å². The van der Waals surface area contributed by atoms with E-state index in [4.69, 9.17) is 5.73 Å². The van der Waals surface area contributed by atoms with Crippen molar-refractivity contribution >= 4 is 42.2 Å². The SMILES string of the molecule is Nc1ccc2nc(N3CCS(=O)(=O)CC3)sc2c1. The second kappa shape index (κ2) is 4.10. The fraction of sp³-hybridized carbons (Fsp3) is 0.364. The molecule has 1 aromatic heterocycles. The van der Waals surface area contributed by atoms with Gasteiger partial charge < -0.3 is 10.6 Å². The third-order valence-electron chi connectivity index (χ3n) is 3.02. The summed E-state index contributed by atoms with van der Waals surface area (Å²) in [6, 6.07) is 5.62. The van der Waals surface area contributed by atoms with Gasteiger partial charge in [-0.3, -0.25) is 0 Å². The number of rotatable bonds is 1. The molecule has 0 saturated carbocycles. The lowest BCUT2D eigenvalue weighted by Crippen LogP contribution is -2.40. The molecule has 0 bridgehead atoms. The van der Waals surface area contributed by atoms with Crippen molar-refractivity contribution in [2.24, 2.45) is 0 Å². The number of sulfone groups is 1. The van der Waals surface area contributed by atoms with E-state index in [1.807, 2.05) is 23.1 Å². The van der Waals surface area contributed by atoms with Gasteiger partial charge in [0, 0.05) is 18.8 Å². The summed E-state index contributed by atoms with van der Waals surface area (Å²) in [7, 11) is -2.85. The molecule has 0 radical (unpaired) electrons. The summed E-state index contributed by atoms with van der Waals surface area (Å²) in [6.07, 6.45) is 0. The molecular formula is C11H13N3O2S2. The van der Waals surface area contributed by atoms with Crippen LogP contribution in [0.5, 0.6) is 0 Å². The summed E-state index contributed by atoms with van der Waals surface area (Å²) < 4.78 is 23.8. The summed E-state index contributed by atoms with van der Waals surface area (Å²) in [4.78, 5) is 6.55. The smallest absolute Gasteiger partial charge is 0.186 e. The Morgan fingerprint density at radius 3 is 2.72 bits per heavy atom. The zero-order valence-corrected chi connectivity index (χ0v) is 11.3. The first-order valence-corrected chi connectivity index (χ1v) is 8.29. The summed E-state index contributed by atoms with van der Waals surface area (Å²) >= 11 is 1.56. The maximum atomic E-state index is 11.4. The Morgan fingerprint density at radius 2 is 2.00 bits per heavy atom. The molecule has 3 rings (SSSR count). The van der Waals surface area contributed by atoms with Crippen LogP contribution in [0.1, 0.15) is 0 Å². The Kier molecular flexibility index (Phi) is 2.67. The third-order valence-corrected chi connectivity index (χ3v) is 5.70. The van der Waals surface area contributed by atoms with E-state index in [-0.39, 0.29) is 11.5 Å². The van der Waals surface area contributed by atoms with Gasteiger partial charge in [-0.1, -0.05) is 11.3 Å². The molecular weight excluding hydrogens is 270 g/mol. The minimum Gasteiger partial charge on any atom is -0.399 e. The Balaban J connectivity index is 1.91. The number of fused-ring (bicyclic) bond motifs is 1. The van der Waals surface area contributed by atoms with Crippen LogP contribution in [0.15, 0.2) is 18.2 Å². The first-order valence-electron chi connectivity index (χ1n) is 5.65. The number of hydrogen-bond donors (Lipinski definition) is 1. The molecule has 0 unspecified atom stereocenters. The largest absolute Gasteiger partial charge is 0.399 e. The number of benzene rings is 1. The first kappa shape index (κ1) is 11.7. The Bertz CT molecular complexity index is 679. The fourth-order valence-electron chi connectivity index (χ4n) is 1.97. The molecule has 1 saturated heterocycles.